The van der Waals surface area contributed by atoms with Crippen molar-refractivity contribution >= 4 is 12.0 Å². The zero-order valence-electron chi connectivity index (χ0n) is 18.6. The number of hydrogen-bond acceptors (Lipinski definition) is 6. The van der Waals surface area contributed by atoms with Crippen LogP contribution in [0.4, 0.5) is 0 Å². The molecule has 0 aliphatic rings. The quantitative estimate of drug-likeness (QED) is 0.263. The minimum Gasteiger partial charge on any atom is -0.497 e. The maximum absolute atomic E-state index is 11.4. The third-order valence-corrected chi connectivity index (χ3v) is 5.22. The Morgan fingerprint density at radius 3 is 1.85 bits per heavy atom. The van der Waals surface area contributed by atoms with Gasteiger partial charge in [0, 0.05) is 17.2 Å². The number of ether oxygens (including phenoxy) is 3. The number of methoxy groups -OCH3 is 3. The van der Waals surface area contributed by atoms with E-state index in [1.165, 1.54) is 13.2 Å². The van der Waals surface area contributed by atoms with Gasteiger partial charge in [-0.15, -0.1) is 0 Å². The van der Waals surface area contributed by atoms with Crippen LogP contribution in [-0.2, 0) is 9.53 Å². The molecule has 0 saturated heterocycles. The summed E-state index contributed by atoms with van der Waals surface area (Å²) in [6.45, 7) is 0. The highest BCUT2D eigenvalue weighted by molar-refractivity contribution is 5.91. The molecule has 1 heterocycles. The van der Waals surface area contributed by atoms with E-state index >= 15 is 0 Å². The molecule has 33 heavy (non-hydrogen) atoms. The van der Waals surface area contributed by atoms with Crippen molar-refractivity contribution in [1.29, 1.82) is 0 Å². The average Bonchev–Trinajstić information content (AvgIpc) is 3.32. The second-order valence-corrected chi connectivity index (χ2v) is 7.17. The number of carbonyl (C=O) groups is 1. The number of esters is 1. The Hall–Kier alpha value is -4.32. The molecule has 4 rings (SSSR count). The molecule has 0 bridgehead atoms. The molecule has 6 heteroatoms. The normalized spacial score (nSPS) is 10.9. The minimum absolute atomic E-state index is 0.401. The molecule has 0 aliphatic heterocycles. The van der Waals surface area contributed by atoms with Crippen LogP contribution in [0.5, 0.6) is 11.5 Å². The largest absolute Gasteiger partial charge is 0.497 e. The molecule has 4 aromatic rings. The average molecular weight is 441 g/mol. The fourth-order valence-corrected chi connectivity index (χ4v) is 3.44. The number of benzene rings is 3. The summed E-state index contributed by atoms with van der Waals surface area (Å²) in [6, 6.07) is 23.1. The summed E-state index contributed by atoms with van der Waals surface area (Å²) >= 11 is 0. The van der Waals surface area contributed by atoms with Gasteiger partial charge in [0.15, 0.2) is 5.76 Å². The molecule has 0 fully saturated rings. The van der Waals surface area contributed by atoms with E-state index in [4.69, 9.17) is 14.0 Å². The standard InChI is InChI=1S/C27H23NO5/c1-30-22-13-9-20(10-14-22)26-25(19-7-4-18(5-8-19)6-17-24(29)32-3)27(33-28-26)21-11-15-23(31-2)16-12-21/h4-17H,1-3H3. The summed E-state index contributed by atoms with van der Waals surface area (Å²) < 4.78 is 21.1. The third kappa shape index (κ3) is 4.80. The molecule has 0 amide bonds. The summed E-state index contributed by atoms with van der Waals surface area (Å²) in [5.41, 5.74) is 5.19. The smallest absolute Gasteiger partial charge is 0.330 e. The van der Waals surface area contributed by atoms with Crippen LogP contribution in [0.2, 0.25) is 0 Å². The van der Waals surface area contributed by atoms with Crippen molar-refractivity contribution in [2.75, 3.05) is 21.3 Å². The van der Waals surface area contributed by atoms with E-state index in [1.54, 1.807) is 20.3 Å². The van der Waals surface area contributed by atoms with Gasteiger partial charge in [0.1, 0.15) is 17.2 Å². The van der Waals surface area contributed by atoms with Crippen molar-refractivity contribution < 1.29 is 23.5 Å². The second-order valence-electron chi connectivity index (χ2n) is 7.17. The van der Waals surface area contributed by atoms with Gasteiger partial charge in [-0.3, -0.25) is 0 Å². The lowest BCUT2D eigenvalue weighted by Crippen LogP contribution is -1.93. The minimum atomic E-state index is -0.401. The van der Waals surface area contributed by atoms with Crippen molar-refractivity contribution in [2.45, 2.75) is 0 Å². The maximum atomic E-state index is 11.4. The van der Waals surface area contributed by atoms with Crippen molar-refractivity contribution in [3.8, 4) is 45.2 Å². The van der Waals surface area contributed by atoms with E-state index in [2.05, 4.69) is 9.89 Å². The van der Waals surface area contributed by atoms with Gasteiger partial charge < -0.3 is 18.7 Å². The van der Waals surface area contributed by atoms with E-state index in [9.17, 15) is 4.79 Å². The Bertz CT molecular complexity index is 1190. The number of carbonyl (C=O) groups excluding carboxylic acids is 1. The van der Waals surface area contributed by atoms with Gasteiger partial charge in [0.25, 0.3) is 0 Å². The predicted molar refractivity (Wildman–Crippen MR) is 127 cm³/mol. The molecule has 0 radical (unpaired) electrons. The number of aromatic nitrogens is 1. The molecular weight excluding hydrogens is 418 g/mol. The van der Waals surface area contributed by atoms with Gasteiger partial charge in [-0.2, -0.15) is 0 Å². The second kappa shape index (κ2) is 9.87. The van der Waals surface area contributed by atoms with Crippen molar-refractivity contribution in [3.63, 3.8) is 0 Å². The lowest BCUT2D eigenvalue weighted by molar-refractivity contribution is -0.134. The summed E-state index contributed by atoms with van der Waals surface area (Å²) in [7, 11) is 4.62. The molecule has 166 valence electrons. The molecule has 3 aromatic carbocycles. The van der Waals surface area contributed by atoms with Crippen LogP contribution in [-0.4, -0.2) is 32.5 Å². The highest BCUT2D eigenvalue weighted by Gasteiger charge is 2.21. The highest BCUT2D eigenvalue weighted by Crippen LogP contribution is 2.40. The Morgan fingerprint density at radius 1 is 0.758 bits per heavy atom. The van der Waals surface area contributed by atoms with E-state index in [-0.39, 0.29) is 0 Å². The molecule has 0 aliphatic carbocycles. The van der Waals surface area contributed by atoms with Crippen molar-refractivity contribution in [2.24, 2.45) is 0 Å². The Morgan fingerprint density at radius 2 is 1.30 bits per heavy atom. The van der Waals surface area contributed by atoms with Gasteiger partial charge in [0.05, 0.1) is 26.9 Å². The molecule has 0 atom stereocenters. The number of hydrogen-bond donors (Lipinski definition) is 0. The summed E-state index contributed by atoms with van der Waals surface area (Å²) in [5, 5.41) is 4.41. The SMILES string of the molecule is COC(=O)C=Cc1ccc(-c2c(-c3ccc(OC)cc3)noc2-c2ccc(OC)cc2)cc1. The Kier molecular flexibility index (Phi) is 6.55. The van der Waals surface area contributed by atoms with Gasteiger partial charge >= 0.3 is 5.97 Å². The molecule has 0 unspecified atom stereocenters. The lowest BCUT2D eigenvalue weighted by atomic mass is 9.95. The monoisotopic (exact) mass is 441 g/mol. The fourth-order valence-electron chi connectivity index (χ4n) is 3.44. The van der Waals surface area contributed by atoms with Gasteiger partial charge in [0.2, 0.25) is 0 Å². The molecule has 6 nitrogen and oxygen atoms in total. The zero-order chi connectivity index (χ0) is 23.2. The van der Waals surface area contributed by atoms with E-state index in [0.717, 1.165) is 45.0 Å². The highest BCUT2D eigenvalue weighted by atomic mass is 16.5. The van der Waals surface area contributed by atoms with Gasteiger partial charge in [-0.25, -0.2) is 4.79 Å². The summed E-state index contributed by atoms with van der Waals surface area (Å²) in [4.78, 5) is 11.4. The summed E-state index contributed by atoms with van der Waals surface area (Å²) in [5.74, 6) is 1.78. The predicted octanol–water partition coefficient (Wildman–Crippen LogP) is 5.88. The van der Waals surface area contributed by atoms with Crippen LogP contribution in [0.15, 0.2) is 83.4 Å². The van der Waals surface area contributed by atoms with E-state index in [1.807, 2.05) is 72.8 Å². The first-order chi connectivity index (χ1) is 16.1. The van der Waals surface area contributed by atoms with Crippen LogP contribution in [0.1, 0.15) is 5.56 Å². The molecular formula is C27H23NO5. The third-order valence-electron chi connectivity index (χ3n) is 5.22. The van der Waals surface area contributed by atoms with Crippen LogP contribution in [0, 0.1) is 0 Å². The van der Waals surface area contributed by atoms with Crippen molar-refractivity contribution in [3.05, 3.63) is 84.4 Å². The Balaban J connectivity index is 1.80. The molecule has 1 aromatic heterocycles. The zero-order valence-corrected chi connectivity index (χ0v) is 18.6. The van der Waals surface area contributed by atoms with Crippen LogP contribution >= 0.6 is 0 Å². The van der Waals surface area contributed by atoms with Gasteiger partial charge in [-0.05, 0) is 65.7 Å². The van der Waals surface area contributed by atoms with Crippen LogP contribution in [0.25, 0.3) is 39.8 Å². The number of rotatable bonds is 7. The summed E-state index contributed by atoms with van der Waals surface area (Å²) in [6.07, 6.45) is 3.10. The fraction of sp³-hybridized carbons (Fsp3) is 0.111. The van der Waals surface area contributed by atoms with Crippen LogP contribution < -0.4 is 9.47 Å². The lowest BCUT2D eigenvalue weighted by Gasteiger charge is -2.07. The van der Waals surface area contributed by atoms with E-state index < -0.39 is 5.97 Å². The molecule has 0 spiro atoms. The first-order valence-electron chi connectivity index (χ1n) is 10.3. The molecule has 0 saturated carbocycles. The maximum Gasteiger partial charge on any atom is 0.330 e. The first-order valence-corrected chi connectivity index (χ1v) is 10.3. The topological polar surface area (TPSA) is 70.8 Å². The Labute approximate surface area is 192 Å². The first kappa shape index (κ1) is 21.9. The van der Waals surface area contributed by atoms with Gasteiger partial charge in [-0.1, -0.05) is 29.4 Å². The molecule has 0 N–H and O–H groups in total. The van der Waals surface area contributed by atoms with Crippen LogP contribution in [0.3, 0.4) is 0 Å². The van der Waals surface area contributed by atoms with E-state index in [0.29, 0.717) is 5.76 Å². The number of nitrogens with zero attached hydrogens (tertiary/aromatic N) is 1. The van der Waals surface area contributed by atoms with Crippen molar-refractivity contribution in [1.82, 2.24) is 5.16 Å².